The summed E-state index contributed by atoms with van der Waals surface area (Å²) in [4.78, 5) is 10.2. The fraction of sp³-hybridized carbons (Fsp3) is 0.227. The summed E-state index contributed by atoms with van der Waals surface area (Å²) in [5.41, 5.74) is 2.48. The Hall–Kier alpha value is -3.65. The number of aliphatic imine (C=N–C) groups is 1. The lowest BCUT2D eigenvalue weighted by Gasteiger charge is -2.29. The molecule has 2 aromatic carbocycles. The zero-order valence-corrected chi connectivity index (χ0v) is 18.4. The highest BCUT2D eigenvalue weighted by atomic mass is 32.1. The van der Waals surface area contributed by atoms with E-state index in [0.717, 1.165) is 39.1 Å². The third kappa shape index (κ3) is 4.75. The number of anilines is 1. The van der Waals surface area contributed by atoms with E-state index in [0.29, 0.717) is 5.69 Å². The predicted octanol–water partition coefficient (Wildman–Crippen LogP) is 4.86. The van der Waals surface area contributed by atoms with Crippen LogP contribution in [0.3, 0.4) is 0 Å². The molecule has 0 fully saturated rings. The van der Waals surface area contributed by atoms with Crippen LogP contribution in [0.2, 0.25) is 0 Å². The van der Waals surface area contributed by atoms with Crippen molar-refractivity contribution in [1.82, 2.24) is 15.2 Å². The first-order chi connectivity index (χ1) is 15.7. The third-order valence-corrected chi connectivity index (χ3v) is 5.94. The number of nitriles is 1. The van der Waals surface area contributed by atoms with Crippen LogP contribution in [0.15, 0.2) is 41.3 Å². The molecule has 170 valence electrons. The lowest BCUT2D eigenvalue weighted by atomic mass is 10.1. The van der Waals surface area contributed by atoms with Crippen molar-refractivity contribution in [2.75, 3.05) is 11.9 Å². The molecule has 2 N–H and O–H groups in total. The van der Waals surface area contributed by atoms with Crippen molar-refractivity contribution < 1.29 is 17.6 Å². The fourth-order valence-corrected chi connectivity index (χ4v) is 4.28. The smallest absolute Gasteiger partial charge is 0.203 e. The Labute approximate surface area is 190 Å². The van der Waals surface area contributed by atoms with E-state index in [-0.39, 0.29) is 24.6 Å². The molecular formula is C22H18F4N6S. The normalized spacial score (nSPS) is 15.8. The average Bonchev–Trinajstić information content (AvgIpc) is 3.11. The Balaban J connectivity index is 1.69. The van der Waals surface area contributed by atoms with Gasteiger partial charge in [0.15, 0.2) is 23.6 Å². The molecule has 0 amide bonds. The molecule has 0 bridgehead atoms. The zero-order valence-electron chi connectivity index (χ0n) is 17.6. The highest BCUT2D eigenvalue weighted by Crippen LogP contribution is 2.29. The van der Waals surface area contributed by atoms with Crippen molar-refractivity contribution >= 4 is 33.2 Å². The van der Waals surface area contributed by atoms with Crippen LogP contribution in [0, 0.1) is 42.8 Å². The number of hydrogen-bond donors (Lipinski definition) is 2. The van der Waals surface area contributed by atoms with Crippen molar-refractivity contribution in [2.24, 2.45) is 4.99 Å². The minimum Gasteiger partial charge on any atom is -0.326 e. The van der Waals surface area contributed by atoms with Crippen LogP contribution in [0.25, 0.3) is 10.2 Å². The van der Waals surface area contributed by atoms with Gasteiger partial charge in [-0.2, -0.15) is 5.26 Å². The molecule has 0 spiro atoms. The maximum atomic E-state index is 14.7. The van der Waals surface area contributed by atoms with Crippen molar-refractivity contribution in [3.05, 3.63) is 69.9 Å². The van der Waals surface area contributed by atoms with Gasteiger partial charge in [-0.1, -0.05) is 0 Å². The second-order valence-electron chi connectivity index (χ2n) is 7.47. The van der Waals surface area contributed by atoms with Gasteiger partial charge in [-0.05, 0) is 49.2 Å². The number of halogens is 4. The van der Waals surface area contributed by atoms with Crippen LogP contribution in [0.5, 0.6) is 0 Å². The van der Waals surface area contributed by atoms with Crippen LogP contribution < -0.4 is 10.6 Å². The topological polar surface area (TPSA) is 76.3 Å². The minimum absolute atomic E-state index is 0.0658. The zero-order chi connectivity index (χ0) is 23.7. The van der Waals surface area contributed by atoms with Crippen molar-refractivity contribution in [3.8, 4) is 6.19 Å². The molecule has 6 nitrogen and oxygen atoms in total. The molecule has 2 heterocycles. The number of guanidine groups is 1. The van der Waals surface area contributed by atoms with Gasteiger partial charge in [-0.3, -0.25) is 0 Å². The number of benzene rings is 2. The van der Waals surface area contributed by atoms with Gasteiger partial charge >= 0.3 is 0 Å². The SMILES string of the molecule is Cc1nc2cc(C)c(NC3=NC(CNC#N)C(F)=CN3Cc3cc(F)c(F)c(F)c3)cc2s1. The number of aromatic nitrogens is 1. The first-order valence-electron chi connectivity index (χ1n) is 9.87. The monoisotopic (exact) mass is 474 g/mol. The Morgan fingerprint density at radius 1 is 1.12 bits per heavy atom. The molecule has 1 aliphatic heterocycles. The van der Waals surface area contributed by atoms with Gasteiger partial charge in [0.05, 0.1) is 28.3 Å². The first kappa shape index (κ1) is 22.5. The number of thiazole rings is 1. The molecule has 0 radical (unpaired) electrons. The van der Waals surface area contributed by atoms with Gasteiger partial charge in [0.1, 0.15) is 11.9 Å². The summed E-state index contributed by atoms with van der Waals surface area (Å²) in [5.74, 6) is -4.68. The Kier molecular flexibility index (Phi) is 6.20. The highest BCUT2D eigenvalue weighted by molar-refractivity contribution is 7.18. The number of fused-ring (bicyclic) bond motifs is 1. The van der Waals surface area contributed by atoms with Gasteiger partial charge < -0.3 is 15.5 Å². The first-order valence-corrected chi connectivity index (χ1v) is 10.7. The second-order valence-corrected chi connectivity index (χ2v) is 8.70. The van der Waals surface area contributed by atoms with Crippen molar-refractivity contribution in [2.45, 2.75) is 26.4 Å². The van der Waals surface area contributed by atoms with Crippen molar-refractivity contribution in [1.29, 1.82) is 5.26 Å². The van der Waals surface area contributed by atoms with E-state index in [2.05, 4.69) is 20.6 Å². The molecule has 0 saturated carbocycles. The molecule has 0 saturated heterocycles. The molecule has 1 aromatic heterocycles. The lowest BCUT2D eigenvalue weighted by Crippen LogP contribution is -2.39. The van der Waals surface area contributed by atoms with Crippen LogP contribution >= 0.6 is 11.3 Å². The van der Waals surface area contributed by atoms with Crippen LogP contribution in [0.4, 0.5) is 23.2 Å². The molecule has 11 heteroatoms. The predicted molar refractivity (Wildman–Crippen MR) is 119 cm³/mol. The van der Waals surface area contributed by atoms with E-state index in [1.165, 1.54) is 16.2 Å². The van der Waals surface area contributed by atoms with Crippen molar-refractivity contribution in [3.63, 3.8) is 0 Å². The number of nitrogens with zero attached hydrogens (tertiary/aromatic N) is 4. The molecule has 0 aliphatic carbocycles. The average molecular weight is 474 g/mol. The molecule has 1 atom stereocenters. The van der Waals surface area contributed by atoms with Gasteiger partial charge in [0.25, 0.3) is 0 Å². The number of aryl methyl sites for hydroxylation is 2. The largest absolute Gasteiger partial charge is 0.326 e. The Morgan fingerprint density at radius 3 is 2.55 bits per heavy atom. The molecule has 3 aromatic rings. The summed E-state index contributed by atoms with van der Waals surface area (Å²) in [5, 5.41) is 15.2. The lowest BCUT2D eigenvalue weighted by molar-refractivity contribution is 0.431. The fourth-order valence-electron chi connectivity index (χ4n) is 3.43. The standard InChI is InChI=1S/C22H18F4N6S/c1-11-3-18-20(33-12(2)29-18)6-17(11)30-22-31-19(7-28-10-27)16(25)9-32(22)8-13-4-14(23)21(26)15(24)5-13/h3-6,9,19,28H,7-8H2,1-2H3,(H,30,31). The van der Waals surface area contributed by atoms with E-state index in [9.17, 15) is 17.6 Å². The number of nitrogens with one attached hydrogen (secondary N) is 2. The van der Waals surface area contributed by atoms with E-state index >= 15 is 0 Å². The number of rotatable bonds is 5. The highest BCUT2D eigenvalue weighted by Gasteiger charge is 2.25. The minimum atomic E-state index is -1.57. The summed E-state index contributed by atoms with van der Waals surface area (Å²) in [6.45, 7) is 3.54. The second kappa shape index (κ2) is 9.07. The Morgan fingerprint density at radius 2 is 1.85 bits per heavy atom. The maximum absolute atomic E-state index is 14.7. The van der Waals surface area contributed by atoms with Crippen LogP contribution in [-0.4, -0.2) is 28.4 Å². The van der Waals surface area contributed by atoms with Gasteiger partial charge in [0, 0.05) is 11.9 Å². The number of hydrogen-bond acceptors (Lipinski definition) is 7. The molecular weight excluding hydrogens is 456 g/mol. The maximum Gasteiger partial charge on any atom is 0.203 e. The van der Waals surface area contributed by atoms with Gasteiger partial charge in [0.2, 0.25) is 5.96 Å². The third-order valence-electron chi connectivity index (χ3n) is 5.01. The van der Waals surface area contributed by atoms with E-state index in [1.807, 2.05) is 26.0 Å². The molecule has 33 heavy (non-hydrogen) atoms. The molecule has 1 unspecified atom stereocenters. The van der Waals surface area contributed by atoms with Gasteiger partial charge in [-0.15, -0.1) is 11.3 Å². The quantitative estimate of drug-likeness (QED) is 0.239. The summed E-state index contributed by atoms with van der Waals surface area (Å²) in [6, 6.07) is 4.53. The van der Waals surface area contributed by atoms with Crippen LogP contribution in [-0.2, 0) is 6.54 Å². The van der Waals surface area contributed by atoms with Gasteiger partial charge in [-0.25, -0.2) is 27.5 Å². The molecule has 4 rings (SSSR count). The van der Waals surface area contributed by atoms with E-state index in [1.54, 1.807) is 6.19 Å². The summed E-state index contributed by atoms with van der Waals surface area (Å²) >= 11 is 1.52. The molecule has 1 aliphatic rings. The van der Waals surface area contributed by atoms with E-state index < -0.39 is 29.3 Å². The summed E-state index contributed by atoms with van der Waals surface area (Å²) < 4.78 is 56.4. The summed E-state index contributed by atoms with van der Waals surface area (Å²) in [6.07, 6.45) is 2.87. The Bertz CT molecular complexity index is 1300. The van der Waals surface area contributed by atoms with Crippen LogP contribution in [0.1, 0.15) is 16.1 Å². The summed E-state index contributed by atoms with van der Waals surface area (Å²) in [7, 11) is 0. The van der Waals surface area contributed by atoms with E-state index in [4.69, 9.17) is 5.26 Å².